The molecule has 0 bridgehead atoms. The Balaban J connectivity index is 1.86. The molecule has 0 aliphatic rings. The standard InChI is InChI=1S/C25H26N2O6S/c1-5-33-25(30)21-15(2)22(23(29)26-17-9-7-6-8-10-17)34-24(21)27-20(28)14-16-11-12-18(31-3)19(13-16)32-4/h6-13H,5,14H2,1-4H3,(H,26,29)(H,27,28). The smallest absolute Gasteiger partial charge is 0.341 e. The lowest BCUT2D eigenvalue weighted by atomic mass is 10.1. The van der Waals surface area contributed by atoms with Gasteiger partial charge < -0.3 is 24.8 Å². The molecule has 34 heavy (non-hydrogen) atoms. The average molecular weight is 483 g/mol. The van der Waals surface area contributed by atoms with Crippen LogP contribution in [-0.4, -0.2) is 38.6 Å². The van der Waals surface area contributed by atoms with Crippen molar-refractivity contribution >= 4 is 39.8 Å². The Morgan fingerprint density at radius 3 is 2.29 bits per heavy atom. The molecule has 0 fully saturated rings. The van der Waals surface area contributed by atoms with Gasteiger partial charge in [0.05, 0.1) is 37.7 Å². The highest BCUT2D eigenvalue weighted by Crippen LogP contribution is 2.35. The molecule has 3 aromatic rings. The Morgan fingerprint density at radius 2 is 1.65 bits per heavy atom. The van der Waals surface area contributed by atoms with Gasteiger partial charge in [0, 0.05) is 5.69 Å². The van der Waals surface area contributed by atoms with E-state index in [0.717, 1.165) is 11.3 Å². The first-order valence-electron chi connectivity index (χ1n) is 10.6. The van der Waals surface area contributed by atoms with Gasteiger partial charge in [-0.2, -0.15) is 0 Å². The number of anilines is 2. The average Bonchev–Trinajstić information content (AvgIpc) is 3.15. The summed E-state index contributed by atoms with van der Waals surface area (Å²) in [6.07, 6.45) is 0.0328. The maximum absolute atomic E-state index is 12.9. The van der Waals surface area contributed by atoms with Gasteiger partial charge in [-0.05, 0) is 49.2 Å². The minimum atomic E-state index is -0.601. The third-order valence-corrected chi connectivity index (χ3v) is 6.14. The summed E-state index contributed by atoms with van der Waals surface area (Å²) in [4.78, 5) is 38.7. The molecule has 0 aliphatic heterocycles. The van der Waals surface area contributed by atoms with Gasteiger partial charge in [-0.3, -0.25) is 9.59 Å². The van der Waals surface area contributed by atoms with Crippen LogP contribution in [0.25, 0.3) is 0 Å². The number of methoxy groups -OCH3 is 2. The number of hydrogen-bond acceptors (Lipinski definition) is 7. The van der Waals surface area contributed by atoms with Crippen LogP contribution in [0.3, 0.4) is 0 Å². The molecule has 0 spiro atoms. The van der Waals surface area contributed by atoms with Crippen molar-refractivity contribution in [2.75, 3.05) is 31.5 Å². The number of thiophene rings is 1. The van der Waals surface area contributed by atoms with E-state index in [4.69, 9.17) is 14.2 Å². The molecule has 0 aliphatic carbocycles. The summed E-state index contributed by atoms with van der Waals surface area (Å²) < 4.78 is 15.7. The Hall–Kier alpha value is -3.85. The third-order valence-electron chi connectivity index (χ3n) is 4.93. The number of carbonyl (C=O) groups is 3. The predicted octanol–water partition coefficient (Wildman–Crippen LogP) is 4.68. The van der Waals surface area contributed by atoms with E-state index < -0.39 is 5.97 Å². The normalized spacial score (nSPS) is 10.4. The summed E-state index contributed by atoms with van der Waals surface area (Å²) in [5.41, 5.74) is 1.93. The van der Waals surface area contributed by atoms with Crippen molar-refractivity contribution in [2.24, 2.45) is 0 Å². The van der Waals surface area contributed by atoms with Gasteiger partial charge in [-0.25, -0.2) is 4.79 Å². The zero-order valence-corrected chi connectivity index (χ0v) is 20.2. The van der Waals surface area contributed by atoms with Crippen molar-refractivity contribution in [1.82, 2.24) is 0 Å². The molecule has 1 aromatic heterocycles. The number of benzene rings is 2. The fourth-order valence-electron chi connectivity index (χ4n) is 3.32. The molecule has 2 N–H and O–H groups in total. The van der Waals surface area contributed by atoms with Crippen LogP contribution in [0.15, 0.2) is 48.5 Å². The summed E-state index contributed by atoms with van der Waals surface area (Å²) in [6, 6.07) is 14.2. The van der Waals surface area contributed by atoms with Gasteiger partial charge in [0.2, 0.25) is 5.91 Å². The van der Waals surface area contributed by atoms with E-state index >= 15 is 0 Å². The minimum absolute atomic E-state index is 0.0328. The highest BCUT2D eigenvalue weighted by molar-refractivity contribution is 7.18. The molecule has 0 radical (unpaired) electrons. The molecular weight excluding hydrogens is 456 g/mol. The Bertz CT molecular complexity index is 1190. The number of amides is 2. The lowest BCUT2D eigenvalue weighted by molar-refractivity contribution is -0.115. The topological polar surface area (TPSA) is 103 Å². The number of carbonyl (C=O) groups excluding carboxylic acids is 3. The third kappa shape index (κ3) is 5.74. The molecule has 0 saturated heterocycles. The van der Waals surface area contributed by atoms with Crippen molar-refractivity contribution < 1.29 is 28.6 Å². The van der Waals surface area contributed by atoms with Crippen molar-refractivity contribution in [1.29, 1.82) is 0 Å². The summed E-state index contributed by atoms with van der Waals surface area (Å²) in [7, 11) is 3.05. The Morgan fingerprint density at radius 1 is 0.941 bits per heavy atom. The maximum Gasteiger partial charge on any atom is 0.341 e. The first-order valence-corrected chi connectivity index (χ1v) is 11.4. The van der Waals surface area contributed by atoms with Crippen molar-refractivity contribution in [3.8, 4) is 11.5 Å². The van der Waals surface area contributed by atoms with E-state index in [1.54, 1.807) is 56.3 Å². The minimum Gasteiger partial charge on any atom is -0.493 e. The van der Waals surface area contributed by atoms with Gasteiger partial charge in [0.15, 0.2) is 11.5 Å². The van der Waals surface area contributed by atoms with Crippen molar-refractivity contribution in [3.63, 3.8) is 0 Å². The van der Waals surface area contributed by atoms with E-state index in [-0.39, 0.29) is 35.4 Å². The summed E-state index contributed by atoms with van der Waals surface area (Å²) in [5.74, 6) is -0.267. The Kier molecular flexibility index (Phi) is 8.26. The van der Waals surface area contributed by atoms with Crippen molar-refractivity contribution in [3.05, 3.63) is 70.1 Å². The van der Waals surface area contributed by atoms with Gasteiger partial charge >= 0.3 is 5.97 Å². The van der Waals surface area contributed by atoms with Crippen LogP contribution in [0.2, 0.25) is 0 Å². The number of para-hydroxylation sites is 1. The SMILES string of the molecule is CCOC(=O)c1c(NC(=O)Cc2ccc(OC)c(OC)c2)sc(C(=O)Nc2ccccc2)c1C. The lowest BCUT2D eigenvalue weighted by Gasteiger charge is -2.10. The van der Waals surface area contributed by atoms with E-state index in [0.29, 0.717) is 33.2 Å². The van der Waals surface area contributed by atoms with Crippen LogP contribution in [-0.2, 0) is 16.0 Å². The molecule has 0 saturated carbocycles. The van der Waals surface area contributed by atoms with Gasteiger partial charge in [-0.15, -0.1) is 11.3 Å². The highest BCUT2D eigenvalue weighted by Gasteiger charge is 2.27. The van der Waals surface area contributed by atoms with Crippen LogP contribution >= 0.6 is 11.3 Å². The zero-order valence-electron chi connectivity index (χ0n) is 19.4. The number of esters is 1. The van der Waals surface area contributed by atoms with Gasteiger partial charge in [-0.1, -0.05) is 24.3 Å². The zero-order chi connectivity index (χ0) is 24.7. The quantitative estimate of drug-likeness (QED) is 0.429. The van der Waals surface area contributed by atoms with Gasteiger partial charge in [0.1, 0.15) is 5.00 Å². The van der Waals surface area contributed by atoms with Gasteiger partial charge in [0.25, 0.3) is 5.91 Å². The molecule has 3 rings (SSSR count). The summed E-state index contributed by atoms with van der Waals surface area (Å²) >= 11 is 1.03. The molecule has 0 unspecified atom stereocenters. The Labute approximate surface area is 201 Å². The second-order valence-electron chi connectivity index (χ2n) is 7.22. The van der Waals surface area contributed by atoms with Crippen LogP contribution < -0.4 is 20.1 Å². The van der Waals surface area contributed by atoms with Crippen LogP contribution in [0.4, 0.5) is 10.7 Å². The second-order valence-corrected chi connectivity index (χ2v) is 8.24. The first-order chi connectivity index (χ1) is 16.4. The van der Waals surface area contributed by atoms with Crippen LogP contribution in [0.5, 0.6) is 11.5 Å². The van der Waals surface area contributed by atoms with Crippen LogP contribution in [0, 0.1) is 6.92 Å². The molecular formula is C25H26N2O6S. The van der Waals surface area contributed by atoms with E-state index in [1.807, 2.05) is 6.07 Å². The molecule has 9 heteroatoms. The largest absolute Gasteiger partial charge is 0.493 e. The fraction of sp³-hybridized carbons (Fsp3) is 0.240. The predicted molar refractivity (Wildman–Crippen MR) is 131 cm³/mol. The molecule has 0 atom stereocenters. The first kappa shape index (κ1) is 24.8. The number of ether oxygens (including phenoxy) is 3. The summed E-state index contributed by atoms with van der Waals surface area (Å²) in [6.45, 7) is 3.52. The fourth-order valence-corrected chi connectivity index (χ4v) is 4.43. The number of rotatable bonds is 9. The molecule has 2 aromatic carbocycles. The molecule has 178 valence electrons. The maximum atomic E-state index is 12.9. The van der Waals surface area contributed by atoms with E-state index in [1.165, 1.54) is 14.2 Å². The van der Waals surface area contributed by atoms with Crippen LogP contribution in [0.1, 0.15) is 38.1 Å². The monoisotopic (exact) mass is 482 g/mol. The molecule has 8 nitrogen and oxygen atoms in total. The second kappa shape index (κ2) is 11.3. The summed E-state index contributed by atoms with van der Waals surface area (Å²) in [5, 5.41) is 5.84. The highest BCUT2D eigenvalue weighted by atomic mass is 32.1. The molecule has 2 amide bonds. The van der Waals surface area contributed by atoms with Crippen molar-refractivity contribution in [2.45, 2.75) is 20.3 Å². The number of hydrogen-bond donors (Lipinski definition) is 2. The lowest BCUT2D eigenvalue weighted by Crippen LogP contribution is -2.16. The van der Waals surface area contributed by atoms with E-state index in [2.05, 4.69) is 10.6 Å². The van der Waals surface area contributed by atoms with E-state index in [9.17, 15) is 14.4 Å². The number of nitrogens with one attached hydrogen (secondary N) is 2. The molecule has 1 heterocycles.